The Morgan fingerprint density at radius 1 is 1.50 bits per heavy atom. The molecule has 3 heteroatoms. The van der Waals surface area contributed by atoms with Gasteiger partial charge < -0.3 is 10.3 Å². The third-order valence-corrected chi connectivity index (χ3v) is 4.41. The number of fused-ring (bicyclic) bond motifs is 2. The summed E-state index contributed by atoms with van der Waals surface area (Å²) in [6.45, 7) is 5.45. The predicted molar refractivity (Wildman–Crippen MR) is 64.0 cm³/mol. The highest BCUT2D eigenvalue weighted by Gasteiger charge is 2.46. The third-order valence-electron chi connectivity index (χ3n) is 4.41. The van der Waals surface area contributed by atoms with Crippen molar-refractivity contribution >= 4 is 0 Å². The normalized spacial score (nSPS) is 37.1. The second kappa shape index (κ2) is 3.59. The Morgan fingerprint density at radius 3 is 2.94 bits per heavy atom. The number of hydrogen-bond donors (Lipinski definition) is 2. The van der Waals surface area contributed by atoms with Crippen LogP contribution in [0.1, 0.15) is 44.0 Å². The zero-order valence-corrected chi connectivity index (χ0v) is 10.2. The molecule has 4 rings (SSSR count). The number of imidazole rings is 1. The van der Waals surface area contributed by atoms with E-state index in [1.807, 2.05) is 0 Å². The van der Waals surface area contributed by atoms with Crippen molar-refractivity contribution in [3.05, 3.63) is 17.7 Å². The Bertz CT molecular complexity index is 376. The molecule has 3 saturated carbocycles. The van der Waals surface area contributed by atoms with Crippen LogP contribution in [-0.2, 0) is 6.54 Å². The molecule has 0 aromatic carbocycles. The summed E-state index contributed by atoms with van der Waals surface area (Å²) in [6.07, 6.45) is 7.44. The monoisotopic (exact) mass is 219 g/mol. The molecule has 3 aliphatic carbocycles. The number of nitrogens with one attached hydrogen (secondary N) is 2. The minimum atomic E-state index is 0.654. The zero-order chi connectivity index (χ0) is 11.2. The van der Waals surface area contributed by atoms with Crippen molar-refractivity contribution in [2.24, 2.45) is 11.3 Å². The second-order valence-electron chi connectivity index (χ2n) is 6.08. The van der Waals surface area contributed by atoms with Crippen molar-refractivity contribution in [2.75, 3.05) is 0 Å². The number of rotatable bonds is 3. The standard InChI is InChI=1S/C13H21N3/c1-9-12(16-8-15-9)7-14-11-3-10-4-13(2,5-10)6-11/h8,10-11,14H,3-7H2,1-2H3,(H,15,16). The fourth-order valence-corrected chi connectivity index (χ4v) is 3.71. The maximum Gasteiger partial charge on any atom is 0.0925 e. The fourth-order valence-electron chi connectivity index (χ4n) is 3.71. The third kappa shape index (κ3) is 1.77. The summed E-state index contributed by atoms with van der Waals surface area (Å²) >= 11 is 0. The molecule has 16 heavy (non-hydrogen) atoms. The highest BCUT2D eigenvalue weighted by molar-refractivity contribution is 5.09. The van der Waals surface area contributed by atoms with Gasteiger partial charge in [0.1, 0.15) is 0 Å². The average molecular weight is 219 g/mol. The lowest BCUT2D eigenvalue weighted by molar-refractivity contribution is -0.00803. The van der Waals surface area contributed by atoms with Crippen molar-refractivity contribution in [1.82, 2.24) is 15.3 Å². The van der Waals surface area contributed by atoms with Gasteiger partial charge in [-0.2, -0.15) is 0 Å². The van der Waals surface area contributed by atoms with Crippen LogP contribution in [0.2, 0.25) is 0 Å². The molecule has 1 aromatic rings. The summed E-state index contributed by atoms with van der Waals surface area (Å²) in [5.41, 5.74) is 3.02. The van der Waals surface area contributed by atoms with Gasteiger partial charge in [-0.1, -0.05) is 6.92 Å². The van der Waals surface area contributed by atoms with Gasteiger partial charge in [0.05, 0.1) is 12.0 Å². The first-order valence-corrected chi connectivity index (χ1v) is 6.37. The lowest BCUT2D eigenvalue weighted by Gasteiger charge is -2.53. The molecule has 0 aliphatic heterocycles. The van der Waals surface area contributed by atoms with Crippen LogP contribution in [0.4, 0.5) is 0 Å². The summed E-state index contributed by atoms with van der Waals surface area (Å²) in [7, 11) is 0. The molecule has 0 saturated heterocycles. The zero-order valence-electron chi connectivity index (χ0n) is 10.2. The number of aryl methyl sites for hydroxylation is 1. The topological polar surface area (TPSA) is 40.7 Å². The van der Waals surface area contributed by atoms with E-state index in [1.165, 1.54) is 37.1 Å². The maximum absolute atomic E-state index is 4.33. The van der Waals surface area contributed by atoms with Crippen LogP contribution in [0.3, 0.4) is 0 Å². The van der Waals surface area contributed by atoms with Crippen molar-refractivity contribution in [1.29, 1.82) is 0 Å². The van der Waals surface area contributed by atoms with E-state index in [4.69, 9.17) is 0 Å². The largest absolute Gasteiger partial charge is 0.348 e. The van der Waals surface area contributed by atoms with Crippen LogP contribution in [0.25, 0.3) is 0 Å². The van der Waals surface area contributed by atoms with Gasteiger partial charge >= 0.3 is 0 Å². The van der Waals surface area contributed by atoms with E-state index in [2.05, 4.69) is 29.1 Å². The molecule has 0 spiro atoms. The minimum Gasteiger partial charge on any atom is -0.348 e. The average Bonchev–Trinajstić information content (AvgIpc) is 2.59. The summed E-state index contributed by atoms with van der Waals surface area (Å²) in [4.78, 5) is 7.46. The molecule has 1 aromatic heterocycles. The Kier molecular flexibility index (Phi) is 2.32. The van der Waals surface area contributed by atoms with Gasteiger partial charge in [-0.15, -0.1) is 0 Å². The number of H-pyrrole nitrogens is 1. The SMILES string of the molecule is Cc1[nH]cnc1CNC1CC2CC(C)(C2)C1. The van der Waals surface area contributed by atoms with Gasteiger partial charge in [-0.05, 0) is 43.9 Å². The Labute approximate surface area is 97.0 Å². The molecular formula is C13H21N3. The van der Waals surface area contributed by atoms with Crippen molar-refractivity contribution in [3.8, 4) is 0 Å². The highest BCUT2D eigenvalue weighted by atomic mass is 15.0. The smallest absolute Gasteiger partial charge is 0.0925 e. The van der Waals surface area contributed by atoms with Crippen LogP contribution in [0, 0.1) is 18.3 Å². The molecule has 88 valence electrons. The van der Waals surface area contributed by atoms with Gasteiger partial charge in [-0.25, -0.2) is 4.98 Å². The molecule has 3 fully saturated rings. The lowest BCUT2D eigenvalue weighted by Crippen LogP contribution is -2.49. The molecule has 0 amide bonds. The Morgan fingerprint density at radius 2 is 2.31 bits per heavy atom. The van der Waals surface area contributed by atoms with E-state index in [1.54, 1.807) is 6.33 Å². The summed E-state index contributed by atoms with van der Waals surface area (Å²) < 4.78 is 0. The summed E-state index contributed by atoms with van der Waals surface area (Å²) in [6, 6.07) is 0.716. The molecule has 3 aliphatic rings. The lowest BCUT2D eigenvalue weighted by atomic mass is 9.54. The highest BCUT2D eigenvalue weighted by Crippen LogP contribution is 2.55. The van der Waals surface area contributed by atoms with E-state index in [-0.39, 0.29) is 0 Å². The molecule has 2 N–H and O–H groups in total. The van der Waals surface area contributed by atoms with Crippen LogP contribution in [0.5, 0.6) is 0 Å². The van der Waals surface area contributed by atoms with E-state index >= 15 is 0 Å². The van der Waals surface area contributed by atoms with E-state index in [9.17, 15) is 0 Å². The first-order chi connectivity index (χ1) is 7.65. The molecule has 0 radical (unpaired) electrons. The second-order valence-corrected chi connectivity index (χ2v) is 6.08. The van der Waals surface area contributed by atoms with Gasteiger partial charge in [-0.3, -0.25) is 0 Å². The van der Waals surface area contributed by atoms with Crippen molar-refractivity contribution in [3.63, 3.8) is 0 Å². The molecule has 3 nitrogen and oxygen atoms in total. The minimum absolute atomic E-state index is 0.654. The first kappa shape index (κ1) is 10.3. The Balaban J connectivity index is 1.55. The van der Waals surface area contributed by atoms with Crippen LogP contribution >= 0.6 is 0 Å². The molecule has 2 bridgehead atoms. The van der Waals surface area contributed by atoms with Gasteiger partial charge in [0, 0.05) is 18.3 Å². The molecular weight excluding hydrogens is 198 g/mol. The molecule has 1 atom stereocenters. The summed E-state index contributed by atoms with van der Waals surface area (Å²) in [5.74, 6) is 0.997. The van der Waals surface area contributed by atoms with E-state index < -0.39 is 0 Å². The number of nitrogens with zero attached hydrogens (tertiary/aromatic N) is 1. The van der Waals surface area contributed by atoms with Gasteiger partial charge in [0.2, 0.25) is 0 Å². The summed E-state index contributed by atoms with van der Waals surface area (Å²) in [5, 5.41) is 3.67. The maximum atomic E-state index is 4.33. The quantitative estimate of drug-likeness (QED) is 0.819. The van der Waals surface area contributed by atoms with E-state index in [0.717, 1.165) is 12.5 Å². The fraction of sp³-hybridized carbons (Fsp3) is 0.769. The number of aromatic amines is 1. The van der Waals surface area contributed by atoms with Crippen molar-refractivity contribution in [2.45, 2.75) is 52.1 Å². The molecule has 1 unspecified atom stereocenters. The number of hydrogen-bond acceptors (Lipinski definition) is 2. The molecule has 1 heterocycles. The van der Waals surface area contributed by atoms with Gasteiger partial charge in [0.15, 0.2) is 0 Å². The van der Waals surface area contributed by atoms with E-state index in [0.29, 0.717) is 11.5 Å². The van der Waals surface area contributed by atoms with Gasteiger partial charge in [0.25, 0.3) is 0 Å². The van der Waals surface area contributed by atoms with Crippen LogP contribution in [0.15, 0.2) is 6.33 Å². The number of aromatic nitrogens is 2. The predicted octanol–water partition coefficient (Wildman–Crippen LogP) is 2.39. The Hall–Kier alpha value is -0.830. The van der Waals surface area contributed by atoms with Crippen LogP contribution < -0.4 is 5.32 Å². The van der Waals surface area contributed by atoms with Crippen molar-refractivity contribution < 1.29 is 0 Å². The first-order valence-electron chi connectivity index (χ1n) is 6.37. The van der Waals surface area contributed by atoms with Crippen LogP contribution in [-0.4, -0.2) is 16.0 Å².